The molecule has 134 valence electrons. The number of carbonyl (C=O) groups excluding carboxylic acids is 1. The molecule has 7 nitrogen and oxygen atoms in total. The van der Waals surface area contributed by atoms with Crippen LogP contribution in [0.25, 0.3) is 10.9 Å². The van der Waals surface area contributed by atoms with E-state index in [-0.39, 0.29) is 23.9 Å². The second-order valence-corrected chi connectivity index (χ2v) is 5.59. The topological polar surface area (TPSA) is 116 Å². The first kappa shape index (κ1) is 17.3. The number of carbonyl (C=O) groups is 1. The molecule has 0 atom stereocenters. The molecule has 0 fully saturated rings. The predicted molar refractivity (Wildman–Crippen MR) is 100 cm³/mol. The monoisotopic (exact) mass is 352 g/mol. The molecule has 0 aliphatic rings. The summed E-state index contributed by atoms with van der Waals surface area (Å²) in [6.07, 6.45) is 0. The fraction of sp³-hybridized carbons (Fsp3) is 0.158. The molecule has 2 aromatic carbocycles. The van der Waals surface area contributed by atoms with Crippen molar-refractivity contribution in [1.82, 2.24) is 4.98 Å². The fourth-order valence-electron chi connectivity index (χ4n) is 2.61. The Morgan fingerprint density at radius 3 is 2.62 bits per heavy atom. The molecule has 0 bridgehead atoms. The van der Waals surface area contributed by atoms with Crippen molar-refractivity contribution in [1.29, 1.82) is 0 Å². The minimum atomic E-state index is -0.501. The van der Waals surface area contributed by atoms with Crippen LogP contribution in [0.1, 0.15) is 22.8 Å². The van der Waals surface area contributed by atoms with Crippen molar-refractivity contribution >= 4 is 28.6 Å². The van der Waals surface area contributed by atoms with Gasteiger partial charge < -0.3 is 25.9 Å². The van der Waals surface area contributed by atoms with Crippen molar-refractivity contribution < 1.29 is 14.3 Å². The molecular weight excluding hydrogens is 332 g/mol. The molecule has 1 aromatic heterocycles. The number of nitrogens with zero attached hydrogens (tertiary/aromatic N) is 1. The van der Waals surface area contributed by atoms with Crippen LogP contribution < -0.4 is 16.2 Å². The number of H-pyrrole nitrogens is 1. The summed E-state index contributed by atoms with van der Waals surface area (Å²) in [4.78, 5) is 19.4. The highest BCUT2D eigenvalue weighted by molar-refractivity contribution is 6.09. The number of rotatable bonds is 6. The fourth-order valence-corrected chi connectivity index (χ4v) is 2.61. The van der Waals surface area contributed by atoms with E-state index in [4.69, 9.17) is 20.9 Å². The van der Waals surface area contributed by atoms with Gasteiger partial charge in [0.05, 0.1) is 6.61 Å². The Kier molecular flexibility index (Phi) is 5.07. The Morgan fingerprint density at radius 1 is 1.15 bits per heavy atom. The molecule has 0 aliphatic carbocycles. The molecule has 0 aliphatic heterocycles. The summed E-state index contributed by atoms with van der Waals surface area (Å²) in [5.41, 5.74) is 13.0. The Morgan fingerprint density at radius 2 is 1.92 bits per heavy atom. The van der Waals surface area contributed by atoms with Gasteiger partial charge in [0.15, 0.2) is 5.96 Å². The summed E-state index contributed by atoms with van der Waals surface area (Å²) in [6.45, 7) is 2.41. The van der Waals surface area contributed by atoms with Gasteiger partial charge in [-0.2, -0.15) is 4.99 Å². The lowest BCUT2D eigenvalue weighted by Gasteiger charge is -2.07. The van der Waals surface area contributed by atoms with Crippen molar-refractivity contribution in [2.24, 2.45) is 16.5 Å². The number of fused-ring (bicyclic) bond motifs is 1. The Hall–Kier alpha value is -3.48. The quantitative estimate of drug-likeness (QED) is 0.358. The van der Waals surface area contributed by atoms with Crippen molar-refractivity contribution in [3.05, 3.63) is 59.7 Å². The standard InChI is InChI=1S/C19H20N4O3/c1-2-25-18(24)16-14-10-13(26-11-12-6-4-3-5-7-12)8-9-15(14)22-17(16)23-19(20)21/h3-10,22H,2,11H2,1H3,(H4,20,21,23). The molecule has 3 rings (SSSR count). The van der Waals surface area contributed by atoms with E-state index in [0.717, 1.165) is 5.56 Å². The van der Waals surface area contributed by atoms with Crippen molar-refractivity contribution in [2.75, 3.05) is 6.61 Å². The molecule has 3 aromatic rings. The molecule has 0 spiro atoms. The highest BCUT2D eigenvalue weighted by atomic mass is 16.5. The molecule has 1 heterocycles. The number of nitrogens with one attached hydrogen (secondary N) is 1. The Labute approximate surface area is 150 Å². The van der Waals surface area contributed by atoms with Gasteiger partial charge in [-0.25, -0.2) is 4.79 Å². The van der Waals surface area contributed by atoms with Crippen LogP contribution in [0.15, 0.2) is 53.5 Å². The van der Waals surface area contributed by atoms with E-state index in [2.05, 4.69) is 9.98 Å². The first-order chi connectivity index (χ1) is 12.6. The van der Waals surface area contributed by atoms with Crippen LogP contribution in [-0.4, -0.2) is 23.5 Å². The van der Waals surface area contributed by atoms with E-state index in [1.165, 1.54) is 0 Å². The van der Waals surface area contributed by atoms with Crippen molar-refractivity contribution in [3.8, 4) is 5.75 Å². The lowest BCUT2D eigenvalue weighted by atomic mass is 10.1. The smallest absolute Gasteiger partial charge is 0.342 e. The van der Waals surface area contributed by atoms with Gasteiger partial charge in [-0.1, -0.05) is 30.3 Å². The highest BCUT2D eigenvalue weighted by Crippen LogP contribution is 2.32. The van der Waals surface area contributed by atoms with Crippen LogP contribution >= 0.6 is 0 Å². The van der Waals surface area contributed by atoms with E-state index in [1.807, 2.05) is 42.5 Å². The van der Waals surface area contributed by atoms with Crippen LogP contribution in [0.2, 0.25) is 0 Å². The number of ether oxygens (including phenoxy) is 2. The minimum absolute atomic E-state index is 0.150. The van der Waals surface area contributed by atoms with Crippen LogP contribution in [0, 0.1) is 0 Å². The van der Waals surface area contributed by atoms with Crippen LogP contribution in [0.5, 0.6) is 5.75 Å². The Balaban J connectivity index is 1.97. The van der Waals surface area contributed by atoms with Gasteiger partial charge >= 0.3 is 5.97 Å². The lowest BCUT2D eigenvalue weighted by Crippen LogP contribution is -2.22. The molecular formula is C19H20N4O3. The maximum Gasteiger partial charge on any atom is 0.342 e. The van der Waals surface area contributed by atoms with Gasteiger partial charge in [0.2, 0.25) is 0 Å². The zero-order valence-electron chi connectivity index (χ0n) is 14.4. The third-order valence-electron chi connectivity index (χ3n) is 3.72. The van der Waals surface area contributed by atoms with Gasteiger partial charge in [-0.3, -0.25) is 0 Å². The molecule has 5 N–H and O–H groups in total. The van der Waals surface area contributed by atoms with Crippen LogP contribution in [-0.2, 0) is 11.3 Å². The lowest BCUT2D eigenvalue weighted by molar-refractivity contribution is 0.0530. The number of nitrogens with two attached hydrogens (primary N) is 2. The number of aromatic amines is 1. The second kappa shape index (κ2) is 7.60. The number of esters is 1. The Bertz CT molecular complexity index is 944. The zero-order chi connectivity index (χ0) is 18.5. The van der Waals surface area contributed by atoms with E-state index in [0.29, 0.717) is 23.3 Å². The summed E-state index contributed by atoms with van der Waals surface area (Å²) in [7, 11) is 0. The van der Waals surface area contributed by atoms with Gasteiger partial charge in [0.1, 0.15) is 23.7 Å². The normalized spacial score (nSPS) is 10.5. The third kappa shape index (κ3) is 3.77. The summed E-state index contributed by atoms with van der Waals surface area (Å²) < 4.78 is 11.0. The average molecular weight is 352 g/mol. The van der Waals surface area contributed by atoms with Gasteiger partial charge in [0, 0.05) is 10.9 Å². The third-order valence-corrected chi connectivity index (χ3v) is 3.72. The molecule has 0 amide bonds. The summed E-state index contributed by atoms with van der Waals surface area (Å²) in [6, 6.07) is 15.2. The number of hydrogen-bond acceptors (Lipinski definition) is 4. The average Bonchev–Trinajstić information content (AvgIpc) is 2.97. The maximum atomic E-state index is 12.4. The number of benzene rings is 2. The zero-order valence-corrected chi connectivity index (χ0v) is 14.4. The molecule has 0 unspecified atom stereocenters. The first-order valence-electron chi connectivity index (χ1n) is 8.17. The summed E-state index contributed by atoms with van der Waals surface area (Å²) in [5, 5.41) is 0.633. The largest absolute Gasteiger partial charge is 0.489 e. The molecule has 0 radical (unpaired) electrons. The van der Waals surface area contributed by atoms with Gasteiger partial charge in [0.25, 0.3) is 0 Å². The van der Waals surface area contributed by atoms with Crippen molar-refractivity contribution in [2.45, 2.75) is 13.5 Å². The minimum Gasteiger partial charge on any atom is -0.489 e. The summed E-state index contributed by atoms with van der Waals surface area (Å²) in [5.74, 6) is 0.238. The SMILES string of the molecule is CCOC(=O)c1c(N=C(N)N)[nH]c2ccc(OCc3ccccc3)cc12. The van der Waals surface area contributed by atoms with E-state index >= 15 is 0 Å². The maximum absolute atomic E-state index is 12.4. The number of aliphatic imine (C=N–C) groups is 1. The number of hydrogen-bond donors (Lipinski definition) is 3. The van der Waals surface area contributed by atoms with E-state index in [9.17, 15) is 4.79 Å². The molecule has 0 saturated heterocycles. The van der Waals surface area contributed by atoms with Crippen molar-refractivity contribution in [3.63, 3.8) is 0 Å². The predicted octanol–water partition coefficient (Wildman–Crippen LogP) is 2.83. The highest BCUT2D eigenvalue weighted by Gasteiger charge is 2.20. The number of aromatic nitrogens is 1. The van der Waals surface area contributed by atoms with Gasteiger partial charge in [-0.15, -0.1) is 0 Å². The van der Waals surface area contributed by atoms with E-state index in [1.54, 1.807) is 13.0 Å². The number of guanidine groups is 1. The second-order valence-electron chi connectivity index (χ2n) is 5.59. The first-order valence-corrected chi connectivity index (χ1v) is 8.17. The summed E-state index contributed by atoms with van der Waals surface area (Å²) >= 11 is 0. The van der Waals surface area contributed by atoms with Crippen LogP contribution in [0.3, 0.4) is 0 Å². The van der Waals surface area contributed by atoms with Crippen LogP contribution in [0.4, 0.5) is 5.82 Å². The molecule has 0 saturated carbocycles. The molecule has 7 heteroatoms. The molecule has 26 heavy (non-hydrogen) atoms. The van der Waals surface area contributed by atoms with E-state index < -0.39 is 5.97 Å². The van der Waals surface area contributed by atoms with Gasteiger partial charge in [-0.05, 0) is 30.7 Å².